The summed E-state index contributed by atoms with van der Waals surface area (Å²) in [6.07, 6.45) is 1.81. The average molecular weight is 274 g/mol. The normalized spacial score (nSPS) is 22.8. The zero-order chi connectivity index (χ0) is 13.3. The van der Waals surface area contributed by atoms with Crippen molar-refractivity contribution >= 4 is 33.0 Å². The van der Waals surface area contributed by atoms with Gasteiger partial charge in [-0.2, -0.15) is 0 Å². The molecule has 1 aromatic heterocycles. The molecule has 1 aromatic carbocycles. The molecule has 0 bridgehead atoms. The van der Waals surface area contributed by atoms with E-state index in [1.54, 1.807) is 11.3 Å². The molecule has 0 radical (unpaired) electrons. The molecule has 4 heteroatoms. The summed E-state index contributed by atoms with van der Waals surface area (Å²) in [6, 6.07) is 8.20. The number of benzene rings is 1. The molecule has 3 rings (SSSR count). The Morgan fingerprint density at radius 2 is 2.37 bits per heavy atom. The maximum Gasteiger partial charge on any atom is 0.231 e. The predicted molar refractivity (Wildman–Crippen MR) is 80.7 cm³/mol. The van der Waals surface area contributed by atoms with E-state index in [-0.39, 0.29) is 11.3 Å². The molecule has 1 atom stereocenters. The average Bonchev–Trinajstić information content (AvgIpc) is 3.07. The molecular formula is C15H18N2OS. The second-order valence-electron chi connectivity index (χ2n) is 5.19. The first kappa shape index (κ1) is 12.6. The van der Waals surface area contributed by atoms with Gasteiger partial charge >= 0.3 is 0 Å². The van der Waals surface area contributed by atoms with Crippen LogP contribution in [-0.4, -0.2) is 19.0 Å². The van der Waals surface area contributed by atoms with Crippen molar-refractivity contribution in [1.82, 2.24) is 5.32 Å². The van der Waals surface area contributed by atoms with Crippen molar-refractivity contribution in [1.29, 1.82) is 0 Å². The van der Waals surface area contributed by atoms with Crippen molar-refractivity contribution in [2.75, 3.05) is 18.4 Å². The van der Waals surface area contributed by atoms with Crippen LogP contribution in [0.4, 0.5) is 5.69 Å². The van der Waals surface area contributed by atoms with Gasteiger partial charge in [0.25, 0.3) is 0 Å². The molecule has 19 heavy (non-hydrogen) atoms. The van der Waals surface area contributed by atoms with Crippen molar-refractivity contribution in [2.24, 2.45) is 5.41 Å². The van der Waals surface area contributed by atoms with Crippen LogP contribution in [0.5, 0.6) is 0 Å². The lowest BCUT2D eigenvalue weighted by Crippen LogP contribution is -2.37. The second kappa shape index (κ2) is 4.94. The summed E-state index contributed by atoms with van der Waals surface area (Å²) < 4.78 is 1.26. The van der Waals surface area contributed by atoms with E-state index in [0.717, 1.165) is 31.6 Å². The predicted octanol–water partition coefficient (Wildman–Crippen LogP) is 3.23. The summed E-state index contributed by atoms with van der Waals surface area (Å²) in [6.45, 7) is 3.81. The molecule has 1 unspecified atom stereocenters. The number of hydrogen-bond acceptors (Lipinski definition) is 3. The smallest absolute Gasteiger partial charge is 0.231 e. The molecule has 0 aliphatic carbocycles. The Morgan fingerprint density at radius 1 is 1.47 bits per heavy atom. The van der Waals surface area contributed by atoms with Crippen LogP contribution in [0.3, 0.4) is 0 Å². The standard InChI is InChI=1S/C15H18N2OS/c1-2-15(6-7-16-10-15)14(18)17-12-3-4-13-11(9-12)5-8-19-13/h3-5,8-9,16H,2,6-7,10H2,1H3,(H,17,18). The maximum atomic E-state index is 12.5. The van der Waals surface area contributed by atoms with Gasteiger partial charge < -0.3 is 10.6 Å². The number of rotatable bonds is 3. The van der Waals surface area contributed by atoms with Crippen LogP contribution >= 0.6 is 11.3 Å². The van der Waals surface area contributed by atoms with Gasteiger partial charge in [0.2, 0.25) is 5.91 Å². The minimum absolute atomic E-state index is 0.148. The molecule has 1 saturated heterocycles. The second-order valence-corrected chi connectivity index (χ2v) is 6.14. The van der Waals surface area contributed by atoms with Crippen LogP contribution in [-0.2, 0) is 4.79 Å². The Morgan fingerprint density at radius 3 is 3.11 bits per heavy atom. The molecule has 1 amide bonds. The molecule has 2 aromatic rings. The maximum absolute atomic E-state index is 12.5. The summed E-state index contributed by atoms with van der Waals surface area (Å²) in [5.41, 5.74) is 0.666. The molecular weight excluding hydrogens is 256 g/mol. The Bertz CT molecular complexity index is 599. The van der Waals surface area contributed by atoms with Gasteiger partial charge in [-0.15, -0.1) is 11.3 Å². The fourth-order valence-corrected chi connectivity index (χ4v) is 3.48. The quantitative estimate of drug-likeness (QED) is 0.902. The van der Waals surface area contributed by atoms with Gasteiger partial charge in [-0.3, -0.25) is 4.79 Å². The number of nitrogens with one attached hydrogen (secondary N) is 2. The molecule has 0 saturated carbocycles. The Hall–Kier alpha value is -1.39. The number of hydrogen-bond donors (Lipinski definition) is 2. The SMILES string of the molecule is CCC1(C(=O)Nc2ccc3sccc3c2)CCNC1. The van der Waals surface area contributed by atoms with Gasteiger partial charge in [0, 0.05) is 16.9 Å². The third-order valence-electron chi connectivity index (χ3n) is 4.11. The Labute approximate surface area is 117 Å². The van der Waals surface area contributed by atoms with Gasteiger partial charge in [0.05, 0.1) is 5.41 Å². The zero-order valence-electron chi connectivity index (χ0n) is 11.0. The van der Waals surface area contributed by atoms with Gasteiger partial charge in [-0.25, -0.2) is 0 Å². The van der Waals surface area contributed by atoms with E-state index in [1.165, 1.54) is 10.1 Å². The number of anilines is 1. The molecule has 2 heterocycles. The third-order valence-corrected chi connectivity index (χ3v) is 5.01. The Balaban J connectivity index is 1.81. The first-order valence-corrected chi connectivity index (χ1v) is 7.61. The minimum Gasteiger partial charge on any atom is -0.326 e. The molecule has 2 N–H and O–H groups in total. The van der Waals surface area contributed by atoms with Crippen LogP contribution in [0.15, 0.2) is 29.6 Å². The highest BCUT2D eigenvalue weighted by molar-refractivity contribution is 7.17. The summed E-state index contributed by atoms with van der Waals surface area (Å²) in [5, 5.41) is 9.65. The fraction of sp³-hybridized carbons (Fsp3) is 0.400. The molecule has 0 spiro atoms. The summed E-state index contributed by atoms with van der Waals surface area (Å²) in [5.74, 6) is 0.148. The first-order valence-electron chi connectivity index (χ1n) is 6.73. The van der Waals surface area contributed by atoms with Gasteiger partial charge in [0.15, 0.2) is 0 Å². The van der Waals surface area contributed by atoms with E-state index in [2.05, 4.69) is 41.1 Å². The van der Waals surface area contributed by atoms with Crippen LogP contribution in [0.2, 0.25) is 0 Å². The summed E-state index contributed by atoms with van der Waals surface area (Å²) in [7, 11) is 0. The van der Waals surface area contributed by atoms with E-state index >= 15 is 0 Å². The lowest BCUT2D eigenvalue weighted by atomic mass is 9.83. The van der Waals surface area contributed by atoms with E-state index in [0.29, 0.717) is 0 Å². The monoisotopic (exact) mass is 274 g/mol. The fourth-order valence-electron chi connectivity index (χ4n) is 2.71. The van der Waals surface area contributed by atoms with Crippen molar-refractivity contribution < 1.29 is 4.79 Å². The van der Waals surface area contributed by atoms with Crippen LogP contribution < -0.4 is 10.6 Å². The topological polar surface area (TPSA) is 41.1 Å². The van der Waals surface area contributed by atoms with Gasteiger partial charge in [-0.05, 0) is 54.4 Å². The van der Waals surface area contributed by atoms with Gasteiger partial charge in [0.1, 0.15) is 0 Å². The zero-order valence-corrected chi connectivity index (χ0v) is 11.8. The highest BCUT2D eigenvalue weighted by atomic mass is 32.1. The van der Waals surface area contributed by atoms with Crippen molar-refractivity contribution in [3.63, 3.8) is 0 Å². The van der Waals surface area contributed by atoms with E-state index < -0.39 is 0 Å². The summed E-state index contributed by atoms with van der Waals surface area (Å²) in [4.78, 5) is 12.5. The van der Waals surface area contributed by atoms with Crippen molar-refractivity contribution in [2.45, 2.75) is 19.8 Å². The van der Waals surface area contributed by atoms with Crippen LogP contribution in [0.1, 0.15) is 19.8 Å². The van der Waals surface area contributed by atoms with E-state index in [1.807, 2.05) is 6.07 Å². The number of fused-ring (bicyclic) bond motifs is 1. The lowest BCUT2D eigenvalue weighted by molar-refractivity contribution is -0.124. The van der Waals surface area contributed by atoms with E-state index in [9.17, 15) is 4.79 Å². The Kier molecular flexibility index (Phi) is 3.29. The lowest BCUT2D eigenvalue weighted by Gasteiger charge is -2.25. The number of thiophene rings is 1. The number of carbonyl (C=O) groups is 1. The molecule has 100 valence electrons. The van der Waals surface area contributed by atoms with Crippen LogP contribution in [0.25, 0.3) is 10.1 Å². The molecule has 1 aliphatic rings. The van der Waals surface area contributed by atoms with Crippen LogP contribution in [0, 0.1) is 5.41 Å². The van der Waals surface area contributed by atoms with E-state index in [4.69, 9.17) is 0 Å². The van der Waals surface area contributed by atoms with Crippen molar-refractivity contribution in [3.05, 3.63) is 29.6 Å². The molecule has 1 fully saturated rings. The molecule has 3 nitrogen and oxygen atoms in total. The minimum atomic E-state index is -0.233. The third kappa shape index (κ3) is 2.26. The first-order chi connectivity index (χ1) is 9.23. The highest BCUT2D eigenvalue weighted by Crippen LogP contribution is 2.31. The summed E-state index contributed by atoms with van der Waals surface area (Å²) >= 11 is 1.72. The largest absolute Gasteiger partial charge is 0.326 e. The number of carbonyl (C=O) groups excluding carboxylic acids is 1. The molecule has 1 aliphatic heterocycles. The van der Waals surface area contributed by atoms with Gasteiger partial charge in [-0.1, -0.05) is 6.92 Å². The van der Waals surface area contributed by atoms with Crippen molar-refractivity contribution in [3.8, 4) is 0 Å². The number of amides is 1. The highest BCUT2D eigenvalue weighted by Gasteiger charge is 2.39.